The van der Waals surface area contributed by atoms with Gasteiger partial charge < -0.3 is 4.90 Å². The fraction of sp³-hybridized carbons (Fsp3) is 0.538. The number of nitrogens with zero attached hydrogens (tertiary/aromatic N) is 2. The molecule has 0 saturated heterocycles. The molecule has 0 saturated carbocycles. The minimum atomic E-state index is 0.0774. The van der Waals surface area contributed by atoms with Crippen molar-refractivity contribution >= 4 is 11.5 Å². The van der Waals surface area contributed by atoms with Gasteiger partial charge in [-0.2, -0.15) is 0 Å². The molecule has 1 heterocycles. The lowest BCUT2D eigenvalue weighted by Gasteiger charge is -2.35. The van der Waals surface area contributed by atoms with E-state index >= 15 is 0 Å². The summed E-state index contributed by atoms with van der Waals surface area (Å²) in [6.45, 7) is 22.6. The summed E-state index contributed by atoms with van der Waals surface area (Å²) >= 11 is 0. The number of rotatable bonds is 8. The van der Waals surface area contributed by atoms with Gasteiger partial charge in [-0.1, -0.05) is 66.3 Å². The van der Waals surface area contributed by atoms with Gasteiger partial charge in [0.25, 0.3) is 0 Å². The van der Waals surface area contributed by atoms with E-state index in [1.807, 2.05) is 23.2 Å². The number of carbonyl (C=O) groups excluding carboxylic acids is 1. The first kappa shape index (κ1) is 24.9. The summed E-state index contributed by atoms with van der Waals surface area (Å²) in [6.07, 6.45) is 8.92. The molecule has 1 aromatic rings. The molecule has 0 fully saturated rings. The Bertz CT molecular complexity index is 742. The van der Waals surface area contributed by atoms with Crippen LogP contribution in [0.2, 0.25) is 0 Å². The van der Waals surface area contributed by atoms with Crippen LogP contribution >= 0.6 is 0 Å². The molecule has 0 atom stereocenters. The zero-order chi connectivity index (χ0) is 22.2. The topological polar surface area (TPSA) is 33.2 Å². The summed E-state index contributed by atoms with van der Waals surface area (Å²) in [5.74, 6) is 0.213. The summed E-state index contributed by atoms with van der Waals surface area (Å²) in [7, 11) is 0. The van der Waals surface area contributed by atoms with Crippen molar-refractivity contribution in [2.24, 2.45) is 10.8 Å². The molecule has 160 valence electrons. The highest BCUT2D eigenvalue weighted by Gasteiger charge is 2.25. The predicted octanol–water partition coefficient (Wildman–Crippen LogP) is 6.61. The first-order chi connectivity index (χ1) is 13.3. The summed E-state index contributed by atoms with van der Waals surface area (Å²) in [4.78, 5) is 19.5. The SMILES string of the molecule is C=C/C=C(\C=C(/C)c1cc(C)ccn1)CCC(=O)N(CC(C)(C)C)CC(C)(C)C. The summed E-state index contributed by atoms with van der Waals surface area (Å²) in [6, 6.07) is 4.08. The molecule has 0 N–H and O–H groups in total. The maximum absolute atomic E-state index is 13.0. The fourth-order valence-electron chi connectivity index (χ4n) is 3.25. The zero-order valence-corrected chi connectivity index (χ0v) is 19.8. The van der Waals surface area contributed by atoms with Gasteiger partial charge in [0.2, 0.25) is 5.91 Å². The number of carbonyl (C=O) groups is 1. The Balaban J connectivity index is 2.93. The minimum absolute atomic E-state index is 0.0774. The highest BCUT2D eigenvalue weighted by molar-refractivity contribution is 5.77. The Kier molecular flexibility index (Phi) is 9.07. The van der Waals surface area contributed by atoms with E-state index < -0.39 is 0 Å². The van der Waals surface area contributed by atoms with E-state index in [9.17, 15) is 4.79 Å². The van der Waals surface area contributed by atoms with Crippen LogP contribution in [0.25, 0.3) is 5.57 Å². The standard InChI is InChI=1S/C26H40N2O/c1-10-11-22(17-21(3)23-16-20(2)14-15-27-23)12-13-24(29)28(18-25(4,5)6)19-26(7,8)9/h10-11,14-17H,1,12-13,18-19H2,2-9H3/b21-17+,22-11-. The molecule has 0 radical (unpaired) electrons. The van der Waals surface area contributed by atoms with Gasteiger partial charge in [0.15, 0.2) is 0 Å². The lowest BCUT2D eigenvalue weighted by molar-refractivity contribution is -0.133. The Morgan fingerprint density at radius 1 is 1.10 bits per heavy atom. The highest BCUT2D eigenvalue weighted by atomic mass is 16.2. The lowest BCUT2D eigenvalue weighted by Crippen LogP contribution is -2.42. The molecule has 0 aliphatic rings. The number of hydrogen-bond donors (Lipinski definition) is 0. The maximum Gasteiger partial charge on any atom is 0.222 e. The molecule has 1 amide bonds. The van der Waals surface area contributed by atoms with Crippen molar-refractivity contribution in [3.8, 4) is 0 Å². The molecule has 1 aromatic heterocycles. The molecule has 0 aliphatic carbocycles. The van der Waals surface area contributed by atoms with Crippen molar-refractivity contribution in [3.63, 3.8) is 0 Å². The smallest absolute Gasteiger partial charge is 0.222 e. The molecule has 0 unspecified atom stereocenters. The third kappa shape index (κ3) is 10.3. The van der Waals surface area contributed by atoms with Gasteiger partial charge in [-0.25, -0.2) is 0 Å². The van der Waals surface area contributed by atoms with Gasteiger partial charge in [-0.15, -0.1) is 0 Å². The van der Waals surface area contributed by atoms with Crippen molar-refractivity contribution in [2.45, 2.75) is 68.2 Å². The van der Waals surface area contributed by atoms with Crippen LogP contribution in [0, 0.1) is 17.8 Å². The Labute approximate surface area is 178 Å². The van der Waals surface area contributed by atoms with Gasteiger partial charge >= 0.3 is 0 Å². The van der Waals surface area contributed by atoms with Crippen molar-refractivity contribution in [2.75, 3.05) is 13.1 Å². The van der Waals surface area contributed by atoms with Crippen LogP contribution in [0.1, 0.15) is 72.6 Å². The quantitative estimate of drug-likeness (QED) is 0.463. The molecule has 3 heteroatoms. The Hall–Kier alpha value is -2.16. The van der Waals surface area contributed by atoms with E-state index in [1.165, 1.54) is 5.56 Å². The number of amides is 1. The largest absolute Gasteiger partial charge is 0.342 e. The summed E-state index contributed by atoms with van der Waals surface area (Å²) in [5, 5.41) is 0. The van der Waals surface area contributed by atoms with Crippen LogP contribution in [0.15, 0.2) is 48.7 Å². The highest BCUT2D eigenvalue weighted by Crippen LogP contribution is 2.23. The monoisotopic (exact) mass is 396 g/mol. The van der Waals surface area contributed by atoms with E-state index in [2.05, 4.69) is 79.1 Å². The molecule has 0 aliphatic heterocycles. The minimum Gasteiger partial charge on any atom is -0.342 e. The molecular formula is C26H40N2O. The normalized spacial score (nSPS) is 13.4. The van der Waals surface area contributed by atoms with Crippen molar-refractivity contribution in [3.05, 3.63) is 60.0 Å². The lowest BCUT2D eigenvalue weighted by atomic mass is 9.91. The molecule has 29 heavy (non-hydrogen) atoms. The molecule has 0 spiro atoms. The second-order valence-corrected chi connectivity index (χ2v) is 10.4. The van der Waals surface area contributed by atoms with Crippen molar-refractivity contribution in [1.82, 2.24) is 9.88 Å². The zero-order valence-electron chi connectivity index (χ0n) is 19.8. The predicted molar refractivity (Wildman–Crippen MR) is 126 cm³/mol. The van der Waals surface area contributed by atoms with Crippen molar-refractivity contribution < 1.29 is 4.79 Å². The van der Waals surface area contributed by atoms with E-state index in [4.69, 9.17) is 0 Å². The van der Waals surface area contributed by atoms with Gasteiger partial charge in [0, 0.05) is 25.7 Å². The number of aryl methyl sites for hydroxylation is 1. The van der Waals surface area contributed by atoms with Gasteiger partial charge in [0.1, 0.15) is 0 Å². The molecule has 0 bridgehead atoms. The van der Waals surface area contributed by atoms with Gasteiger partial charge in [0.05, 0.1) is 5.69 Å². The first-order valence-corrected chi connectivity index (χ1v) is 10.5. The van der Waals surface area contributed by atoms with Gasteiger partial charge in [-0.3, -0.25) is 9.78 Å². The summed E-state index contributed by atoms with van der Waals surface area (Å²) in [5.41, 5.74) is 4.50. The third-order valence-corrected chi connectivity index (χ3v) is 4.36. The van der Waals surface area contributed by atoms with Crippen LogP contribution in [-0.4, -0.2) is 28.9 Å². The number of aromatic nitrogens is 1. The van der Waals surface area contributed by atoms with Crippen LogP contribution < -0.4 is 0 Å². The van der Waals surface area contributed by atoms with Crippen LogP contribution in [-0.2, 0) is 4.79 Å². The number of hydrogen-bond acceptors (Lipinski definition) is 2. The maximum atomic E-state index is 13.0. The van der Waals surface area contributed by atoms with Crippen LogP contribution in [0.5, 0.6) is 0 Å². The van der Waals surface area contributed by atoms with Gasteiger partial charge in [-0.05, 0) is 59.9 Å². The Morgan fingerprint density at radius 3 is 2.17 bits per heavy atom. The second kappa shape index (κ2) is 10.6. The third-order valence-electron chi connectivity index (χ3n) is 4.36. The number of pyridine rings is 1. The average molecular weight is 397 g/mol. The fourth-order valence-corrected chi connectivity index (χ4v) is 3.25. The van der Waals surface area contributed by atoms with E-state index in [1.54, 1.807) is 6.08 Å². The first-order valence-electron chi connectivity index (χ1n) is 10.5. The molecule has 1 rings (SSSR count). The van der Waals surface area contributed by atoms with Crippen LogP contribution in [0.4, 0.5) is 0 Å². The van der Waals surface area contributed by atoms with Crippen LogP contribution in [0.3, 0.4) is 0 Å². The molecule has 0 aromatic carbocycles. The average Bonchev–Trinajstić information content (AvgIpc) is 2.56. The van der Waals surface area contributed by atoms with Crippen molar-refractivity contribution in [1.29, 1.82) is 0 Å². The van der Waals surface area contributed by atoms with E-state index in [-0.39, 0.29) is 16.7 Å². The molecule has 3 nitrogen and oxygen atoms in total. The van der Waals surface area contributed by atoms with E-state index in [0.29, 0.717) is 12.8 Å². The Morgan fingerprint density at radius 2 is 1.69 bits per heavy atom. The molecular weight excluding hydrogens is 356 g/mol. The van der Waals surface area contributed by atoms with E-state index in [0.717, 1.165) is 29.9 Å². The second-order valence-electron chi connectivity index (χ2n) is 10.4. The number of allylic oxidation sites excluding steroid dienone is 5. The summed E-state index contributed by atoms with van der Waals surface area (Å²) < 4.78 is 0.